The quantitative estimate of drug-likeness (QED) is 0.671. The average Bonchev–Trinajstić information content (AvgIpc) is 2.65. The van der Waals surface area contributed by atoms with E-state index in [9.17, 15) is 4.79 Å². The molecular weight excluding hydrogens is 176 g/mol. The van der Waals surface area contributed by atoms with Crippen LogP contribution in [0.4, 0.5) is 0 Å². The molecule has 0 aliphatic rings. The molecule has 0 N–H and O–H groups in total. The van der Waals surface area contributed by atoms with Crippen molar-refractivity contribution < 1.29 is 4.79 Å². The molecule has 0 aliphatic heterocycles. The van der Waals surface area contributed by atoms with E-state index in [1.165, 1.54) is 0 Å². The zero-order valence-electron chi connectivity index (χ0n) is 7.84. The molecule has 3 heteroatoms. The highest BCUT2D eigenvalue weighted by Crippen LogP contribution is 2.16. The van der Waals surface area contributed by atoms with Gasteiger partial charge in [-0.05, 0) is 0 Å². The Morgan fingerprint density at radius 3 is 2.50 bits per heavy atom. The maximum atomic E-state index is 10.5. The maximum Gasteiger partial charge on any atom is 0.150 e. The minimum absolute atomic E-state index is 0.683. The number of imidazole rings is 1. The normalized spacial score (nSPS) is 10.1. The molecule has 0 bridgehead atoms. The van der Waals surface area contributed by atoms with Crippen molar-refractivity contribution in [3.63, 3.8) is 0 Å². The molecular formula is C11H10N2O. The molecule has 0 atom stereocenters. The van der Waals surface area contributed by atoms with Gasteiger partial charge in [0.25, 0.3) is 0 Å². The molecule has 0 radical (unpaired) electrons. The standard InChI is InChI=1S/C11H10N2O/c1-13-7-6-12-11(13)10-4-2-9(8-14)3-5-10/h2-8H,1H3. The molecule has 0 saturated carbocycles. The summed E-state index contributed by atoms with van der Waals surface area (Å²) in [5, 5.41) is 0. The van der Waals surface area contributed by atoms with Crippen LogP contribution in [0.2, 0.25) is 0 Å². The summed E-state index contributed by atoms with van der Waals surface area (Å²) < 4.78 is 1.94. The van der Waals surface area contributed by atoms with E-state index in [1.807, 2.05) is 29.9 Å². The van der Waals surface area contributed by atoms with Gasteiger partial charge in [-0.2, -0.15) is 0 Å². The van der Waals surface area contributed by atoms with E-state index in [0.717, 1.165) is 17.7 Å². The fourth-order valence-corrected chi connectivity index (χ4v) is 1.35. The number of nitrogens with zero attached hydrogens (tertiary/aromatic N) is 2. The molecule has 2 rings (SSSR count). The highest BCUT2D eigenvalue weighted by Gasteiger charge is 2.01. The number of hydrogen-bond donors (Lipinski definition) is 0. The van der Waals surface area contributed by atoms with Crippen molar-refractivity contribution in [1.29, 1.82) is 0 Å². The molecule has 0 fully saturated rings. The van der Waals surface area contributed by atoms with Gasteiger partial charge in [-0.3, -0.25) is 4.79 Å². The summed E-state index contributed by atoms with van der Waals surface area (Å²) >= 11 is 0. The molecule has 14 heavy (non-hydrogen) atoms. The van der Waals surface area contributed by atoms with Crippen molar-refractivity contribution in [2.24, 2.45) is 7.05 Å². The second kappa shape index (κ2) is 3.46. The lowest BCUT2D eigenvalue weighted by atomic mass is 10.1. The molecule has 0 unspecified atom stereocenters. The number of aryl methyl sites for hydroxylation is 1. The Balaban J connectivity index is 2.43. The predicted octanol–water partition coefficient (Wildman–Crippen LogP) is 1.90. The molecule has 0 spiro atoms. The van der Waals surface area contributed by atoms with Gasteiger partial charge in [-0.25, -0.2) is 4.98 Å². The van der Waals surface area contributed by atoms with E-state index in [0.29, 0.717) is 5.56 Å². The minimum Gasteiger partial charge on any atom is -0.334 e. The Morgan fingerprint density at radius 2 is 2.00 bits per heavy atom. The van der Waals surface area contributed by atoms with Crippen molar-refractivity contribution >= 4 is 6.29 Å². The Kier molecular flexibility index (Phi) is 2.14. The average molecular weight is 186 g/mol. The van der Waals surface area contributed by atoms with Gasteiger partial charge < -0.3 is 4.57 Å². The first-order chi connectivity index (χ1) is 6.81. The summed E-state index contributed by atoms with van der Waals surface area (Å²) in [6, 6.07) is 7.37. The molecule has 1 heterocycles. The Labute approximate surface area is 82.0 Å². The number of aldehydes is 1. The summed E-state index contributed by atoms with van der Waals surface area (Å²) in [6.07, 6.45) is 4.48. The van der Waals surface area contributed by atoms with Crippen molar-refractivity contribution in [2.45, 2.75) is 0 Å². The summed E-state index contributed by atoms with van der Waals surface area (Å²) in [5.41, 5.74) is 1.70. The van der Waals surface area contributed by atoms with Crippen LogP contribution in [0.25, 0.3) is 11.4 Å². The number of hydrogen-bond acceptors (Lipinski definition) is 2. The first-order valence-corrected chi connectivity index (χ1v) is 4.34. The molecule has 2 aromatic rings. The van der Waals surface area contributed by atoms with E-state index < -0.39 is 0 Å². The molecule has 0 aliphatic carbocycles. The van der Waals surface area contributed by atoms with Gasteiger partial charge in [-0.1, -0.05) is 24.3 Å². The smallest absolute Gasteiger partial charge is 0.150 e. The van der Waals surface area contributed by atoms with E-state index in [4.69, 9.17) is 0 Å². The van der Waals surface area contributed by atoms with Gasteiger partial charge in [0.15, 0.2) is 0 Å². The highest BCUT2D eigenvalue weighted by molar-refractivity contribution is 5.76. The Bertz CT molecular complexity index is 443. The predicted molar refractivity (Wildman–Crippen MR) is 54.0 cm³/mol. The Hall–Kier alpha value is -1.90. The van der Waals surface area contributed by atoms with Crippen LogP contribution in [-0.2, 0) is 7.05 Å². The lowest BCUT2D eigenvalue weighted by Gasteiger charge is -2.01. The zero-order chi connectivity index (χ0) is 9.97. The van der Waals surface area contributed by atoms with Gasteiger partial charge >= 0.3 is 0 Å². The number of aromatic nitrogens is 2. The highest BCUT2D eigenvalue weighted by atomic mass is 16.1. The summed E-state index contributed by atoms with van der Waals surface area (Å²) in [4.78, 5) is 14.7. The van der Waals surface area contributed by atoms with Crippen LogP contribution in [0.1, 0.15) is 10.4 Å². The largest absolute Gasteiger partial charge is 0.334 e. The molecule has 70 valence electrons. The van der Waals surface area contributed by atoms with Crippen LogP contribution in [0.15, 0.2) is 36.7 Å². The third kappa shape index (κ3) is 1.44. The van der Waals surface area contributed by atoms with Gasteiger partial charge in [0.05, 0.1) is 0 Å². The second-order valence-corrected chi connectivity index (χ2v) is 3.10. The van der Waals surface area contributed by atoms with Gasteiger partial charge in [0.1, 0.15) is 12.1 Å². The van der Waals surface area contributed by atoms with E-state index in [2.05, 4.69) is 4.98 Å². The van der Waals surface area contributed by atoms with E-state index in [-0.39, 0.29) is 0 Å². The van der Waals surface area contributed by atoms with Crippen molar-refractivity contribution in [2.75, 3.05) is 0 Å². The fourth-order valence-electron chi connectivity index (χ4n) is 1.35. The molecule has 0 amide bonds. The van der Waals surface area contributed by atoms with Gasteiger partial charge in [0, 0.05) is 30.6 Å². The van der Waals surface area contributed by atoms with Crippen LogP contribution < -0.4 is 0 Å². The first-order valence-electron chi connectivity index (χ1n) is 4.34. The third-order valence-corrected chi connectivity index (χ3v) is 2.13. The SMILES string of the molecule is Cn1ccnc1-c1ccc(C=O)cc1. The van der Waals surface area contributed by atoms with E-state index in [1.54, 1.807) is 18.3 Å². The van der Waals surface area contributed by atoms with Gasteiger partial charge in [0.2, 0.25) is 0 Å². The number of benzene rings is 1. The van der Waals surface area contributed by atoms with Crippen LogP contribution in [0.3, 0.4) is 0 Å². The topological polar surface area (TPSA) is 34.9 Å². The molecule has 1 aromatic heterocycles. The fraction of sp³-hybridized carbons (Fsp3) is 0.0909. The number of carbonyl (C=O) groups is 1. The number of carbonyl (C=O) groups excluding carboxylic acids is 1. The monoisotopic (exact) mass is 186 g/mol. The van der Waals surface area contributed by atoms with Crippen LogP contribution in [-0.4, -0.2) is 15.8 Å². The minimum atomic E-state index is 0.683. The first kappa shape index (κ1) is 8.69. The summed E-state index contributed by atoms with van der Waals surface area (Å²) in [6.45, 7) is 0. The molecule has 3 nitrogen and oxygen atoms in total. The number of rotatable bonds is 2. The van der Waals surface area contributed by atoms with Crippen molar-refractivity contribution in [3.05, 3.63) is 42.2 Å². The summed E-state index contributed by atoms with van der Waals surface area (Å²) in [7, 11) is 1.94. The summed E-state index contributed by atoms with van der Waals surface area (Å²) in [5.74, 6) is 0.905. The Morgan fingerprint density at radius 1 is 1.29 bits per heavy atom. The van der Waals surface area contributed by atoms with Crippen molar-refractivity contribution in [3.8, 4) is 11.4 Å². The van der Waals surface area contributed by atoms with Crippen LogP contribution in [0, 0.1) is 0 Å². The lowest BCUT2D eigenvalue weighted by molar-refractivity contribution is 0.112. The van der Waals surface area contributed by atoms with Crippen molar-refractivity contribution in [1.82, 2.24) is 9.55 Å². The maximum absolute atomic E-state index is 10.5. The third-order valence-electron chi connectivity index (χ3n) is 2.13. The van der Waals surface area contributed by atoms with E-state index >= 15 is 0 Å². The van der Waals surface area contributed by atoms with Crippen LogP contribution >= 0.6 is 0 Å². The molecule has 1 aromatic carbocycles. The zero-order valence-corrected chi connectivity index (χ0v) is 7.84. The van der Waals surface area contributed by atoms with Crippen LogP contribution in [0.5, 0.6) is 0 Å². The van der Waals surface area contributed by atoms with Gasteiger partial charge in [-0.15, -0.1) is 0 Å². The second-order valence-electron chi connectivity index (χ2n) is 3.10. The lowest BCUT2D eigenvalue weighted by Crippen LogP contribution is -1.91. The molecule has 0 saturated heterocycles.